The van der Waals surface area contributed by atoms with E-state index in [4.69, 9.17) is 0 Å². The lowest BCUT2D eigenvalue weighted by Gasteiger charge is -2.02. The summed E-state index contributed by atoms with van der Waals surface area (Å²) < 4.78 is 1.31. The van der Waals surface area contributed by atoms with Gasteiger partial charge in [-0.25, -0.2) is 4.68 Å². The molecule has 0 spiro atoms. The molecule has 0 unspecified atom stereocenters. The molecular weight excluding hydrogens is 418 g/mol. The van der Waals surface area contributed by atoms with Crippen molar-refractivity contribution >= 4 is 27.8 Å². The molecule has 0 aliphatic carbocycles. The van der Waals surface area contributed by atoms with E-state index in [0.717, 1.165) is 16.3 Å². The van der Waals surface area contributed by atoms with Crippen LogP contribution in [0.4, 0.5) is 17.1 Å². The van der Waals surface area contributed by atoms with Gasteiger partial charge in [0.05, 0.1) is 22.0 Å². The summed E-state index contributed by atoms with van der Waals surface area (Å²) in [6, 6.07) is 28.7. The van der Waals surface area contributed by atoms with E-state index in [1.54, 1.807) is 0 Å². The summed E-state index contributed by atoms with van der Waals surface area (Å²) in [4.78, 5) is 23.7. The van der Waals surface area contributed by atoms with Gasteiger partial charge in [0.2, 0.25) is 0 Å². The van der Waals surface area contributed by atoms with Crippen molar-refractivity contribution < 1.29 is 4.92 Å². The number of hydrogen-bond acceptors (Lipinski definition) is 5. The monoisotopic (exact) mass is 435 g/mol. The predicted molar refractivity (Wildman–Crippen MR) is 127 cm³/mol. The van der Waals surface area contributed by atoms with Gasteiger partial charge >= 0.3 is 0 Å². The number of H-pyrrole nitrogens is 1. The molecule has 8 heteroatoms. The van der Waals surface area contributed by atoms with Gasteiger partial charge in [-0.3, -0.25) is 20.0 Å². The van der Waals surface area contributed by atoms with Crippen molar-refractivity contribution in [3.8, 4) is 16.9 Å². The Morgan fingerprint density at radius 1 is 0.788 bits per heavy atom. The summed E-state index contributed by atoms with van der Waals surface area (Å²) in [6.07, 6.45) is 0. The largest absolute Gasteiger partial charge is 0.299 e. The van der Waals surface area contributed by atoms with Crippen LogP contribution in [0, 0.1) is 10.1 Å². The molecule has 1 N–H and O–H groups in total. The number of aromatic nitrogens is 2. The second-order valence-corrected chi connectivity index (χ2v) is 7.35. The van der Waals surface area contributed by atoms with Gasteiger partial charge < -0.3 is 0 Å². The Hall–Kier alpha value is -4.85. The molecule has 0 aliphatic rings. The maximum atomic E-state index is 13.3. The minimum Gasteiger partial charge on any atom is -0.288 e. The maximum Gasteiger partial charge on any atom is 0.299 e. The second-order valence-electron chi connectivity index (χ2n) is 7.35. The van der Waals surface area contributed by atoms with Crippen molar-refractivity contribution in [3.63, 3.8) is 0 Å². The van der Waals surface area contributed by atoms with E-state index in [1.165, 1.54) is 28.9 Å². The van der Waals surface area contributed by atoms with Crippen molar-refractivity contribution in [2.45, 2.75) is 0 Å². The van der Waals surface area contributed by atoms with Crippen LogP contribution in [-0.2, 0) is 0 Å². The van der Waals surface area contributed by atoms with E-state index < -0.39 is 10.5 Å². The Balaban J connectivity index is 1.61. The number of nitro groups is 1. The van der Waals surface area contributed by atoms with E-state index in [0.29, 0.717) is 17.1 Å². The summed E-state index contributed by atoms with van der Waals surface area (Å²) in [7, 11) is 0. The van der Waals surface area contributed by atoms with E-state index in [9.17, 15) is 14.9 Å². The van der Waals surface area contributed by atoms with E-state index >= 15 is 0 Å². The van der Waals surface area contributed by atoms with Crippen molar-refractivity contribution in [2.24, 2.45) is 10.2 Å². The molecule has 5 rings (SSSR count). The van der Waals surface area contributed by atoms with Gasteiger partial charge in [-0.2, -0.15) is 5.11 Å². The van der Waals surface area contributed by atoms with Crippen molar-refractivity contribution in [2.75, 3.05) is 0 Å². The van der Waals surface area contributed by atoms with Crippen LogP contribution in [-0.4, -0.2) is 14.7 Å². The standard InChI is InChI=1S/C25H17N5O3/c31-25-24(27-26-20-11-10-17-6-4-5-9-19(17)16-20)23(18-7-2-1-3-8-18)28-29(25)21-12-14-22(15-13-21)30(32)33/h1-16,28H. The minimum atomic E-state index is -0.486. The average Bonchev–Trinajstić information content (AvgIpc) is 3.19. The number of nitrogens with zero attached hydrogens (tertiary/aromatic N) is 4. The Morgan fingerprint density at radius 3 is 2.21 bits per heavy atom. The van der Waals surface area contributed by atoms with Gasteiger partial charge in [0.25, 0.3) is 11.2 Å². The smallest absolute Gasteiger partial charge is 0.288 e. The number of rotatable bonds is 5. The average molecular weight is 435 g/mol. The Kier molecular flexibility index (Phi) is 5.08. The first-order valence-corrected chi connectivity index (χ1v) is 10.2. The highest BCUT2D eigenvalue weighted by molar-refractivity contribution is 5.85. The molecule has 4 aromatic carbocycles. The molecule has 0 atom stereocenters. The lowest BCUT2D eigenvalue weighted by molar-refractivity contribution is -0.384. The fourth-order valence-electron chi connectivity index (χ4n) is 3.58. The fourth-order valence-corrected chi connectivity index (χ4v) is 3.58. The van der Waals surface area contributed by atoms with Gasteiger partial charge in [-0.1, -0.05) is 60.7 Å². The van der Waals surface area contributed by atoms with E-state index in [1.807, 2.05) is 72.8 Å². The van der Waals surface area contributed by atoms with Gasteiger partial charge in [-0.15, -0.1) is 5.11 Å². The summed E-state index contributed by atoms with van der Waals surface area (Å²) in [6.45, 7) is 0. The highest BCUT2D eigenvalue weighted by Gasteiger charge is 2.17. The third-order valence-electron chi connectivity index (χ3n) is 5.25. The van der Waals surface area contributed by atoms with Gasteiger partial charge in [0.1, 0.15) is 0 Å². The van der Waals surface area contributed by atoms with Crippen LogP contribution in [0.15, 0.2) is 112 Å². The first-order chi connectivity index (χ1) is 16.1. The number of non-ortho nitro benzene ring substituents is 1. The molecule has 0 bridgehead atoms. The topological polar surface area (TPSA) is 106 Å². The number of azo groups is 1. The normalized spacial score (nSPS) is 11.3. The molecule has 5 aromatic rings. The molecule has 1 aromatic heterocycles. The number of fused-ring (bicyclic) bond motifs is 1. The highest BCUT2D eigenvalue weighted by atomic mass is 16.6. The lowest BCUT2D eigenvalue weighted by Crippen LogP contribution is -2.13. The van der Waals surface area contributed by atoms with Crippen LogP contribution >= 0.6 is 0 Å². The van der Waals surface area contributed by atoms with E-state index in [2.05, 4.69) is 15.3 Å². The first kappa shape index (κ1) is 20.1. The molecule has 1 heterocycles. The summed E-state index contributed by atoms with van der Waals surface area (Å²) in [5, 5.41) is 24.8. The van der Waals surface area contributed by atoms with Gasteiger partial charge in [0, 0.05) is 17.7 Å². The van der Waals surface area contributed by atoms with Gasteiger partial charge in [0.15, 0.2) is 5.69 Å². The SMILES string of the molecule is O=c1c(N=Nc2ccc3ccccc3c2)c(-c2ccccc2)[nH]n1-c1ccc([N+](=O)[O-])cc1. The van der Waals surface area contributed by atoms with E-state index in [-0.39, 0.29) is 11.4 Å². The zero-order chi connectivity index (χ0) is 22.8. The molecule has 0 saturated heterocycles. The van der Waals surface area contributed by atoms with Crippen LogP contribution in [0.2, 0.25) is 0 Å². The molecule has 0 amide bonds. The molecule has 8 nitrogen and oxygen atoms in total. The quantitative estimate of drug-likeness (QED) is 0.199. The minimum absolute atomic E-state index is 0.0575. The number of hydrogen-bond donors (Lipinski definition) is 1. The van der Waals surface area contributed by atoms with Crippen LogP contribution in [0.1, 0.15) is 0 Å². The first-order valence-electron chi connectivity index (χ1n) is 10.2. The molecule has 0 radical (unpaired) electrons. The Labute approximate surface area is 187 Å². The molecule has 0 aliphatic heterocycles. The Morgan fingerprint density at radius 2 is 1.48 bits per heavy atom. The molecular formula is C25H17N5O3. The molecule has 0 saturated carbocycles. The summed E-state index contributed by atoms with van der Waals surface area (Å²) in [5.41, 5.74) is 2.02. The summed E-state index contributed by atoms with van der Waals surface area (Å²) >= 11 is 0. The van der Waals surface area contributed by atoms with Crippen LogP contribution in [0.25, 0.3) is 27.7 Å². The van der Waals surface area contributed by atoms with Crippen molar-refractivity contribution in [3.05, 3.63) is 118 Å². The number of aromatic amines is 1. The second kappa shape index (κ2) is 8.35. The number of nitrogens with one attached hydrogen (secondary N) is 1. The lowest BCUT2D eigenvalue weighted by atomic mass is 10.1. The number of nitro benzene ring substituents is 1. The van der Waals surface area contributed by atoms with Crippen molar-refractivity contribution in [1.82, 2.24) is 9.78 Å². The maximum absolute atomic E-state index is 13.3. The summed E-state index contributed by atoms with van der Waals surface area (Å²) in [5.74, 6) is 0. The predicted octanol–water partition coefficient (Wildman–Crippen LogP) is 6.31. The number of benzene rings is 4. The van der Waals surface area contributed by atoms with Crippen LogP contribution in [0.3, 0.4) is 0 Å². The fraction of sp³-hybridized carbons (Fsp3) is 0. The third-order valence-corrected chi connectivity index (χ3v) is 5.25. The molecule has 160 valence electrons. The highest BCUT2D eigenvalue weighted by Crippen LogP contribution is 2.29. The van der Waals surface area contributed by atoms with Crippen LogP contribution in [0.5, 0.6) is 0 Å². The third kappa shape index (κ3) is 3.92. The van der Waals surface area contributed by atoms with Crippen LogP contribution < -0.4 is 5.56 Å². The zero-order valence-electron chi connectivity index (χ0n) is 17.3. The van der Waals surface area contributed by atoms with Gasteiger partial charge in [-0.05, 0) is 35.0 Å². The molecule has 33 heavy (non-hydrogen) atoms. The molecule has 0 fully saturated rings. The Bertz CT molecular complexity index is 1550. The zero-order valence-corrected chi connectivity index (χ0v) is 17.3. The van der Waals surface area contributed by atoms with Crippen molar-refractivity contribution in [1.29, 1.82) is 0 Å².